The predicted octanol–water partition coefficient (Wildman–Crippen LogP) is -0.348. The fourth-order valence-corrected chi connectivity index (χ4v) is 1.50. The number of nitrogens with one attached hydrogen (secondary N) is 1. The molecule has 0 spiro atoms. The van der Waals surface area contributed by atoms with E-state index in [2.05, 4.69) is 15.3 Å². The highest BCUT2D eigenvalue weighted by Crippen LogP contribution is 2.27. The highest BCUT2D eigenvalue weighted by molar-refractivity contribution is 5.67. The van der Waals surface area contributed by atoms with E-state index in [0.717, 1.165) is 6.33 Å². The molecule has 4 N–H and O–H groups in total. The molecule has 0 radical (unpaired) electrons. The molecule has 0 saturated carbocycles. The molecule has 0 amide bonds. The maximum atomic E-state index is 10.8. The van der Waals surface area contributed by atoms with Crippen molar-refractivity contribution >= 4 is 17.3 Å². The summed E-state index contributed by atoms with van der Waals surface area (Å²) in [6, 6.07) is 0. The first-order chi connectivity index (χ1) is 8.61. The average molecular weight is 253 g/mol. The molecule has 2 rings (SSSR count). The molecule has 1 aliphatic heterocycles. The zero-order chi connectivity index (χ0) is 13.1. The highest BCUT2D eigenvalue weighted by atomic mass is 16.6. The molecule has 0 aliphatic carbocycles. The molecule has 9 heteroatoms. The number of hydrogen-bond donors (Lipinski definition) is 3. The smallest absolute Gasteiger partial charge is 0.353 e. The summed E-state index contributed by atoms with van der Waals surface area (Å²) in [5.41, 5.74) is 5.02. The Morgan fingerprint density at radius 3 is 2.94 bits per heavy atom. The van der Waals surface area contributed by atoms with Gasteiger partial charge in [-0.15, -0.1) is 0 Å². The zero-order valence-corrected chi connectivity index (χ0v) is 9.18. The summed E-state index contributed by atoms with van der Waals surface area (Å²) in [4.78, 5) is 17.5. The van der Waals surface area contributed by atoms with Crippen molar-refractivity contribution in [3.05, 3.63) is 28.6 Å². The van der Waals surface area contributed by atoms with Crippen LogP contribution in [0.1, 0.15) is 0 Å². The molecule has 1 aromatic heterocycles. The number of nitrogen functional groups attached to an aromatic ring is 1. The normalized spacial score (nSPS) is 22.1. The maximum absolute atomic E-state index is 10.8. The zero-order valence-electron chi connectivity index (χ0n) is 9.18. The molecule has 1 aromatic rings. The van der Waals surface area contributed by atoms with E-state index in [1.165, 1.54) is 0 Å². The minimum Gasteiger partial charge on any atom is -0.393 e. The number of nitrogens with two attached hydrogens (primary N) is 1. The molecule has 1 aliphatic rings. The second-order valence-electron chi connectivity index (χ2n) is 3.52. The van der Waals surface area contributed by atoms with Crippen LogP contribution in [0.4, 0.5) is 17.3 Å². The van der Waals surface area contributed by atoms with E-state index in [1.54, 1.807) is 12.2 Å². The van der Waals surface area contributed by atoms with Gasteiger partial charge in [0.1, 0.15) is 18.7 Å². The van der Waals surface area contributed by atoms with Crippen LogP contribution in [-0.2, 0) is 4.74 Å². The molecular weight excluding hydrogens is 242 g/mol. The molecule has 2 heterocycles. The van der Waals surface area contributed by atoms with Gasteiger partial charge in [-0.2, -0.15) is 0 Å². The van der Waals surface area contributed by atoms with Crippen molar-refractivity contribution in [2.45, 2.75) is 12.3 Å². The number of aliphatic hydroxyl groups is 1. The van der Waals surface area contributed by atoms with Crippen LogP contribution >= 0.6 is 0 Å². The van der Waals surface area contributed by atoms with Crippen molar-refractivity contribution in [1.82, 2.24) is 9.97 Å². The molecule has 0 saturated heterocycles. The fraction of sp³-hybridized carbons (Fsp3) is 0.333. The maximum Gasteiger partial charge on any atom is 0.353 e. The Morgan fingerprint density at radius 2 is 2.33 bits per heavy atom. The molecule has 0 bridgehead atoms. The topological polar surface area (TPSA) is 136 Å². The first-order valence-electron chi connectivity index (χ1n) is 5.08. The van der Waals surface area contributed by atoms with Crippen LogP contribution in [-0.4, -0.2) is 38.9 Å². The third kappa shape index (κ3) is 2.36. The number of rotatable bonds is 4. The SMILES string of the molecule is Nc1ncnc(N[C@H]2C=C[C@@H](CO)O2)c1[N+](=O)[O-]. The summed E-state index contributed by atoms with van der Waals surface area (Å²) in [5, 5.41) is 22.4. The number of ether oxygens (including phenoxy) is 1. The number of nitrogens with zero attached hydrogens (tertiary/aromatic N) is 3. The van der Waals surface area contributed by atoms with Crippen molar-refractivity contribution in [2.24, 2.45) is 0 Å². The number of anilines is 2. The standard InChI is InChI=1S/C9H11N5O4/c10-8-7(14(16)17)9(12-4-11-8)13-6-2-1-5(3-15)18-6/h1-2,4-6,15H,3H2,(H3,10,11,12,13)/t5-,6+/m0/s1. The third-order valence-electron chi connectivity index (χ3n) is 2.31. The molecule has 0 aromatic carbocycles. The number of hydrogen-bond acceptors (Lipinski definition) is 8. The first-order valence-corrected chi connectivity index (χ1v) is 5.08. The van der Waals surface area contributed by atoms with Crippen LogP contribution in [0.3, 0.4) is 0 Å². The molecular formula is C9H11N5O4. The lowest BCUT2D eigenvalue weighted by atomic mass is 10.3. The summed E-state index contributed by atoms with van der Waals surface area (Å²) in [6.45, 7) is -0.164. The van der Waals surface area contributed by atoms with Gasteiger partial charge in [-0.05, 0) is 6.08 Å². The summed E-state index contributed by atoms with van der Waals surface area (Å²) in [6.07, 6.45) is 3.36. The number of aromatic nitrogens is 2. The van der Waals surface area contributed by atoms with Crippen LogP contribution in [0.15, 0.2) is 18.5 Å². The Morgan fingerprint density at radius 1 is 1.56 bits per heavy atom. The summed E-state index contributed by atoms with van der Waals surface area (Å²) in [7, 11) is 0. The van der Waals surface area contributed by atoms with Gasteiger partial charge in [0, 0.05) is 0 Å². The van der Waals surface area contributed by atoms with Gasteiger partial charge in [0.05, 0.1) is 11.5 Å². The van der Waals surface area contributed by atoms with E-state index in [1.807, 2.05) is 0 Å². The molecule has 9 nitrogen and oxygen atoms in total. The Bertz CT molecular complexity index is 492. The van der Waals surface area contributed by atoms with E-state index in [-0.39, 0.29) is 18.2 Å². The molecule has 96 valence electrons. The van der Waals surface area contributed by atoms with Gasteiger partial charge in [0.2, 0.25) is 11.6 Å². The Labute approximate surface area is 101 Å². The fourth-order valence-electron chi connectivity index (χ4n) is 1.50. The molecule has 2 atom stereocenters. The largest absolute Gasteiger partial charge is 0.393 e. The minimum atomic E-state index is -0.667. The molecule has 18 heavy (non-hydrogen) atoms. The first kappa shape index (κ1) is 12.2. The van der Waals surface area contributed by atoms with Gasteiger partial charge in [0.25, 0.3) is 0 Å². The minimum absolute atomic E-state index is 0.0271. The summed E-state index contributed by atoms with van der Waals surface area (Å²) < 4.78 is 5.29. The van der Waals surface area contributed by atoms with E-state index < -0.39 is 22.9 Å². The summed E-state index contributed by atoms with van der Waals surface area (Å²) >= 11 is 0. The van der Waals surface area contributed by atoms with Gasteiger partial charge in [0.15, 0.2) is 0 Å². The van der Waals surface area contributed by atoms with Crippen molar-refractivity contribution in [2.75, 3.05) is 17.7 Å². The van der Waals surface area contributed by atoms with Crippen molar-refractivity contribution in [3.63, 3.8) is 0 Å². The quantitative estimate of drug-likeness (QED) is 0.376. The van der Waals surface area contributed by atoms with Gasteiger partial charge >= 0.3 is 5.69 Å². The molecule has 0 unspecified atom stereocenters. The van der Waals surface area contributed by atoms with Crippen molar-refractivity contribution in [1.29, 1.82) is 0 Å². The van der Waals surface area contributed by atoms with E-state index >= 15 is 0 Å². The van der Waals surface area contributed by atoms with Crippen molar-refractivity contribution < 1.29 is 14.8 Å². The van der Waals surface area contributed by atoms with Crippen LogP contribution in [0.2, 0.25) is 0 Å². The van der Waals surface area contributed by atoms with Gasteiger partial charge in [-0.1, -0.05) is 6.08 Å². The average Bonchev–Trinajstić information content (AvgIpc) is 2.76. The van der Waals surface area contributed by atoms with Gasteiger partial charge < -0.3 is 20.9 Å². The van der Waals surface area contributed by atoms with E-state index in [0.29, 0.717) is 0 Å². The lowest BCUT2D eigenvalue weighted by Gasteiger charge is -2.14. The summed E-state index contributed by atoms with van der Waals surface area (Å²) in [5.74, 6) is -0.251. The third-order valence-corrected chi connectivity index (χ3v) is 2.31. The lowest BCUT2D eigenvalue weighted by Crippen LogP contribution is -2.23. The second-order valence-corrected chi connectivity index (χ2v) is 3.52. The highest BCUT2D eigenvalue weighted by Gasteiger charge is 2.25. The monoisotopic (exact) mass is 253 g/mol. The Hall–Kier alpha value is -2.26. The van der Waals surface area contributed by atoms with Crippen molar-refractivity contribution in [3.8, 4) is 0 Å². The van der Waals surface area contributed by atoms with Crippen LogP contribution < -0.4 is 11.1 Å². The van der Waals surface area contributed by atoms with E-state index in [9.17, 15) is 10.1 Å². The Kier molecular flexibility index (Phi) is 3.35. The Balaban J connectivity index is 2.18. The van der Waals surface area contributed by atoms with Crippen LogP contribution in [0.5, 0.6) is 0 Å². The lowest BCUT2D eigenvalue weighted by molar-refractivity contribution is -0.383. The van der Waals surface area contributed by atoms with Gasteiger partial charge in [-0.3, -0.25) is 10.1 Å². The number of aliphatic hydroxyl groups excluding tert-OH is 1. The molecule has 0 fully saturated rings. The van der Waals surface area contributed by atoms with Crippen LogP contribution in [0.25, 0.3) is 0 Å². The predicted molar refractivity (Wildman–Crippen MR) is 61.6 cm³/mol. The second kappa shape index (κ2) is 4.94. The van der Waals surface area contributed by atoms with Crippen LogP contribution in [0, 0.1) is 10.1 Å². The van der Waals surface area contributed by atoms with E-state index in [4.69, 9.17) is 15.6 Å². The van der Waals surface area contributed by atoms with Gasteiger partial charge in [-0.25, -0.2) is 9.97 Å². The number of nitro groups is 1.